The van der Waals surface area contributed by atoms with Gasteiger partial charge in [-0.3, -0.25) is 4.90 Å². The van der Waals surface area contributed by atoms with Crippen molar-refractivity contribution in [1.82, 2.24) is 14.9 Å². The average molecular weight is 547 g/mol. The van der Waals surface area contributed by atoms with Crippen LogP contribution < -0.4 is 10.6 Å². The Morgan fingerprint density at radius 3 is 2.77 bits per heavy atom. The van der Waals surface area contributed by atoms with Crippen LogP contribution in [0.25, 0.3) is 32.1 Å². The molecule has 8 nitrogen and oxygen atoms in total. The van der Waals surface area contributed by atoms with Crippen molar-refractivity contribution in [2.75, 3.05) is 30.3 Å². The highest BCUT2D eigenvalue weighted by Gasteiger charge is 2.74. The monoisotopic (exact) mass is 546 g/mol. The summed E-state index contributed by atoms with van der Waals surface area (Å²) in [4.78, 5) is 13.8. The molecule has 0 amide bonds. The zero-order valence-corrected chi connectivity index (χ0v) is 21.7. The molecule has 3 atom stereocenters. The number of aliphatic hydroxyl groups excluding tert-OH is 1. The third-order valence-corrected chi connectivity index (χ3v) is 10.4. The number of nitrogens with zero attached hydrogens (tertiary/aromatic N) is 5. The zero-order chi connectivity index (χ0) is 26.6. The van der Waals surface area contributed by atoms with Gasteiger partial charge in [0.05, 0.1) is 41.8 Å². The van der Waals surface area contributed by atoms with Crippen LogP contribution in [0.15, 0.2) is 18.5 Å². The Kier molecular flexibility index (Phi) is 4.84. The summed E-state index contributed by atoms with van der Waals surface area (Å²) in [6, 6.07) is 5.51. The molecule has 4 aliphatic rings. The number of likely N-dealkylation sites (tertiary alicyclic amines) is 1. The van der Waals surface area contributed by atoms with Gasteiger partial charge in [0.25, 0.3) is 0 Å². The van der Waals surface area contributed by atoms with Gasteiger partial charge in [0, 0.05) is 40.9 Å². The minimum absolute atomic E-state index is 0.0267. The number of rotatable bonds is 5. The first-order valence-electron chi connectivity index (χ1n) is 13.1. The van der Waals surface area contributed by atoms with E-state index in [2.05, 4.69) is 25.8 Å². The SMILES string of the molecule is N#Cc1c(N)sc2ccc(F)c(-c3c4c(c5c(N6C7CCC78C6CN8CCCO)ncnc5c3F)COC4)c12. The third kappa shape index (κ3) is 2.75. The second-order valence-electron chi connectivity index (χ2n) is 10.8. The molecule has 5 heterocycles. The second kappa shape index (κ2) is 8.05. The molecule has 2 aromatic heterocycles. The number of piperazine rings is 1. The molecule has 2 saturated heterocycles. The lowest BCUT2D eigenvalue weighted by molar-refractivity contribution is -0.178. The van der Waals surface area contributed by atoms with Crippen LogP contribution in [0.1, 0.15) is 36.0 Å². The van der Waals surface area contributed by atoms with Crippen molar-refractivity contribution in [3.8, 4) is 17.2 Å². The predicted octanol–water partition coefficient (Wildman–Crippen LogP) is 4.06. The Morgan fingerprint density at radius 2 is 2.03 bits per heavy atom. The summed E-state index contributed by atoms with van der Waals surface area (Å²) in [7, 11) is 0. The topological polar surface area (TPSA) is 112 Å². The maximum Gasteiger partial charge on any atom is 0.157 e. The molecule has 4 aromatic rings. The summed E-state index contributed by atoms with van der Waals surface area (Å²) in [6.45, 7) is 2.29. The summed E-state index contributed by atoms with van der Waals surface area (Å²) in [5.41, 5.74) is 7.93. The van der Waals surface area contributed by atoms with Crippen molar-refractivity contribution in [3.05, 3.63) is 46.8 Å². The fraction of sp³-hybridized carbons (Fsp3) is 0.393. The number of nitriles is 1. The van der Waals surface area contributed by atoms with Crippen molar-refractivity contribution in [3.63, 3.8) is 0 Å². The molecule has 2 aromatic carbocycles. The van der Waals surface area contributed by atoms with Crippen LogP contribution >= 0.6 is 11.3 Å². The number of hydrogen-bond acceptors (Lipinski definition) is 9. The highest BCUT2D eigenvalue weighted by Crippen LogP contribution is 2.62. The number of nitrogen functional groups attached to an aromatic ring is 1. The van der Waals surface area contributed by atoms with E-state index in [-0.39, 0.29) is 64.7 Å². The van der Waals surface area contributed by atoms with E-state index in [1.165, 1.54) is 23.7 Å². The van der Waals surface area contributed by atoms with Gasteiger partial charge in [0.1, 0.15) is 34.5 Å². The van der Waals surface area contributed by atoms with Crippen molar-refractivity contribution in [2.45, 2.75) is 50.1 Å². The molecule has 3 N–H and O–H groups in total. The van der Waals surface area contributed by atoms with Crippen molar-refractivity contribution < 1.29 is 18.6 Å². The van der Waals surface area contributed by atoms with Crippen LogP contribution in [-0.4, -0.2) is 57.3 Å². The maximum atomic E-state index is 16.6. The van der Waals surface area contributed by atoms with Gasteiger partial charge in [-0.25, -0.2) is 18.7 Å². The highest BCUT2D eigenvalue weighted by molar-refractivity contribution is 7.23. The first-order valence-corrected chi connectivity index (χ1v) is 13.9. The number of fused-ring (bicyclic) bond motifs is 4. The molecule has 3 aliphatic heterocycles. The second-order valence-corrected chi connectivity index (χ2v) is 11.9. The van der Waals surface area contributed by atoms with E-state index < -0.39 is 11.6 Å². The van der Waals surface area contributed by atoms with Crippen molar-refractivity contribution in [1.29, 1.82) is 5.26 Å². The van der Waals surface area contributed by atoms with Crippen molar-refractivity contribution >= 4 is 43.1 Å². The van der Waals surface area contributed by atoms with Crippen LogP contribution in [0, 0.1) is 23.0 Å². The van der Waals surface area contributed by atoms with Gasteiger partial charge in [0.2, 0.25) is 0 Å². The molecule has 3 fully saturated rings. The lowest BCUT2D eigenvalue weighted by Gasteiger charge is -2.81. The molecule has 1 spiro atoms. The van der Waals surface area contributed by atoms with E-state index in [1.54, 1.807) is 6.07 Å². The standard InChI is InChI=1S/C28H24F2N6O2S/c29-16-2-3-17-20(13(8-31)26(32)39-17)23(16)21-14-10-38-11-15(14)22-25(24(21)30)33-12-34-27(22)36-18-4-5-28(18)19(36)9-35(28)6-1-7-37/h2-3,12,18-19,37H,1,4-7,9-11,32H2. The molecule has 3 unspecified atom stereocenters. The lowest BCUT2D eigenvalue weighted by atomic mass is 9.52. The summed E-state index contributed by atoms with van der Waals surface area (Å²) < 4.78 is 38.7. The minimum Gasteiger partial charge on any atom is -0.396 e. The minimum atomic E-state index is -0.642. The zero-order valence-electron chi connectivity index (χ0n) is 20.9. The number of aromatic nitrogens is 2. The number of nitrogens with two attached hydrogens (primary N) is 1. The molecule has 8 rings (SSSR count). The summed E-state index contributed by atoms with van der Waals surface area (Å²) in [5, 5.41) is 20.3. The van der Waals surface area contributed by atoms with Crippen LogP contribution in [0.4, 0.5) is 19.6 Å². The quantitative estimate of drug-likeness (QED) is 0.386. The van der Waals surface area contributed by atoms with Gasteiger partial charge in [-0.1, -0.05) is 0 Å². The lowest BCUT2D eigenvalue weighted by Crippen LogP contribution is -2.96. The molecule has 1 aliphatic carbocycles. The summed E-state index contributed by atoms with van der Waals surface area (Å²) >= 11 is 1.18. The predicted molar refractivity (Wildman–Crippen MR) is 143 cm³/mol. The normalized spacial score (nSPS) is 25.0. The molecule has 198 valence electrons. The molecule has 39 heavy (non-hydrogen) atoms. The van der Waals surface area contributed by atoms with Gasteiger partial charge in [-0.05, 0) is 42.5 Å². The number of aliphatic hydroxyl groups is 1. The van der Waals surface area contributed by atoms with Gasteiger partial charge >= 0.3 is 0 Å². The maximum absolute atomic E-state index is 16.6. The smallest absolute Gasteiger partial charge is 0.157 e. The fourth-order valence-electron chi connectivity index (χ4n) is 7.60. The number of benzene rings is 2. The molecular formula is C28H24F2N6O2S. The fourth-order valence-corrected chi connectivity index (χ4v) is 8.53. The molecule has 0 radical (unpaired) electrons. The number of halogens is 2. The Balaban J connectivity index is 1.33. The van der Waals surface area contributed by atoms with Crippen LogP contribution in [-0.2, 0) is 18.0 Å². The Hall–Kier alpha value is -3.43. The number of thiophene rings is 1. The third-order valence-electron chi connectivity index (χ3n) is 9.37. The number of anilines is 2. The molecular weight excluding hydrogens is 522 g/mol. The number of hydrogen-bond donors (Lipinski definition) is 2. The van der Waals surface area contributed by atoms with Crippen LogP contribution in [0.5, 0.6) is 0 Å². The van der Waals surface area contributed by atoms with Crippen LogP contribution in [0.2, 0.25) is 0 Å². The first kappa shape index (κ1) is 23.5. The van der Waals surface area contributed by atoms with E-state index in [9.17, 15) is 10.4 Å². The first-order chi connectivity index (χ1) is 19.0. The highest BCUT2D eigenvalue weighted by atomic mass is 32.1. The Morgan fingerprint density at radius 1 is 1.18 bits per heavy atom. The van der Waals surface area contributed by atoms with E-state index in [0.717, 1.165) is 37.9 Å². The van der Waals surface area contributed by atoms with E-state index in [0.29, 0.717) is 26.9 Å². The summed E-state index contributed by atoms with van der Waals surface area (Å²) in [6.07, 6.45) is 4.28. The summed E-state index contributed by atoms with van der Waals surface area (Å²) in [5.74, 6) is -0.565. The van der Waals surface area contributed by atoms with Gasteiger partial charge in [-0.15, -0.1) is 11.3 Å². The van der Waals surface area contributed by atoms with E-state index in [4.69, 9.17) is 10.5 Å². The molecule has 0 bridgehead atoms. The van der Waals surface area contributed by atoms with Gasteiger partial charge in [-0.2, -0.15) is 5.26 Å². The average Bonchev–Trinajstić information content (AvgIpc) is 3.51. The van der Waals surface area contributed by atoms with Gasteiger partial charge < -0.3 is 20.5 Å². The Labute approximate surface area is 226 Å². The Bertz CT molecular complexity index is 1760. The molecule has 11 heteroatoms. The van der Waals surface area contributed by atoms with Crippen molar-refractivity contribution in [2.24, 2.45) is 0 Å². The van der Waals surface area contributed by atoms with Crippen LogP contribution in [0.3, 0.4) is 0 Å². The van der Waals surface area contributed by atoms with E-state index in [1.807, 2.05) is 0 Å². The van der Waals surface area contributed by atoms with E-state index >= 15 is 8.78 Å². The number of piperidine rings is 1. The largest absolute Gasteiger partial charge is 0.396 e. The molecule has 1 saturated carbocycles. The number of ether oxygens (including phenoxy) is 1. The van der Waals surface area contributed by atoms with Gasteiger partial charge in [0.15, 0.2) is 5.82 Å².